The van der Waals surface area contributed by atoms with Crippen molar-refractivity contribution in [1.29, 1.82) is 0 Å². The Morgan fingerprint density at radius 1 is 1.24 bits per heavy atom. The van der Waals surface area contributed by atoms with Gasteiger partial charge in [0.2, 0.25) is 5.91 Å². The van der Waals surface area contributed by atoms with Gasteiger partial charge in [0.15, 0.2) is 6.04 Å². The molecule has 0 bridgehead atoms. The van der Waals surface area contributed by atoms with E-state index in [-0.39, 0.29) is 17.7 Å². The van der Waals surface area contributed by atoms with E-state index in [1.54, 1.807) is 24.3 Å². The molecule has 1 fully saturated rings. The van der Waals surface area contributed by atoms with Gasteiger partial charge in [0.25, 0.3) is 0 Å². The van der Waals surface area contributed by atoms with Crippen LogP contribution in [0.3, 0.4) is 0 Å². The lowest BCUT2D eigenvalue weighted by atomic mass is 9.78. The molecule has 1 saturated carbocycles. The van der Waals surface area contributed by atoms with Gasteiger partial charge in [-0.3, -0.25) is 4.79 Å². The van der Waals surface area contributed by atoms with Crippen molar-refractivity contribution in [1.82, 2.24) is 5.32 Å². The molecule has 1 aliphatic rings. The fourth-order valence-electron chi connectivity index (χ4n) is 3.02. The number of carbonyl (C=O) groups is 2. The van der Waals surface area contributed by atoms with Crippen molar-refractivity contribution in [3.8, 4) is 0 Å². The number of nitrogens with one attached hydrogen (secondary N) is 1. The smallest absolute Gasteiger partial charge is 0.330 e. The van der Waals surface area contributed by atoms with Crippen molar-refractivity contribution >= 4 is 11.9 Å². The topological polar surface area (TPSA) is 92.4 Å². The van der Waals surface area contributed by atoms with Gasteiger partial charge in [-0.25, -0.2) is 4.79 Å². The van der Waals surface area contributed by atoms with Gasteiger partial charge in [-0.05, 0) is 30.9 Å². The van der Waals surface area contributed by atoms with Gasteiger partial charge >= 0.3 is 5.97 Å². The Labute approximate surface area is 124 Å². The number of carboxylic acids is 1. The molecule has 2 rings (SSSR count). The van der Waals surface area contributed by atoms with Crippen LogP contribution in [0.15, 0.2) is 30.3 Å². The second-order valence-electron chi connectivity index (χ2n) is 5.58. The third-order valence-electron chi connectivity index (χ3n) is 4.22. The van der Waals surface area contributed by atoms with E-state index in [1.165, 1.54) is 0 Å². The summed E-state index contributed by atoms with van der Waals surface area (Å²) in [5, 5.41) is 12.0. The van der Waals surface area contributed by atoms with Crippen LogP contribution in [0.4, 0.5) is 0 Å². The quantitative estimate of drug-likeness (QED) is 0.769. The van der Waals surface area contributed by atoms with Crippen LogP contribution >= 0.6 is 0 Å². The summed E-state index contributed by atoms with van der Waals surface area (Å²) in [6.45, 7) is 0.473. The SMILES string of the molecule is NCC1CCCCC1C(=O)N[C@H](C(=O)O)c1ccccc1. The molecule has 21 heavy (non-hydrogen) atoms. The first-order chi connectivity index (χ1) is 10.1. The van der Waals surface area contributed by atoms with Gasteiger partial charge in [0.1, 0.15) is 0 Å². The zero-order chi connectivity index (χ0) is 15.2. The van der Waals surface area contributed by atoms with E-state index >= 15 is 0 Å². The van der Waals surface area contributed by atoms with E-state index in [0.717, 1.165) is 25.7 Å². The minimum absolute atomic E-state index is 0.156. The molecule has 1 aliphatic carbocycles. The molecule has 4 N–H and O–H groups in total. The molecule has 1 aromatic carbocycles. The molecule has 0 saturated heterocycles. The summed E-state index contributed by atoms with van der Waals surface area (Å²) in [6, 6.07) is 7.76. The summed E-state index contributed by atoms with van der Waals surface area (Å²) in [6.07, 6.45) is 3.82. The van der Waals surface area contributed by atoms with Gasteiger partial charge in [0.05, 0.1) is 0 Å². The lowest BCUT2D eigenvalue weighted by Crippen LogP contribution is -2.42. The van der Waals surface area contributed by atoms with Crippen LogP contribution < -0.4 is 11.1 Å². The molecule has 5 heteroatoms. The number of benzene rings is 1. The number of nitrogens with two attached hydrogens (primary N) is 1. The summed E-state index contributed by atoms with van der Waals surface area (Å²) in [4.78, 5) is 23.9. The van der Waals surface area contributed by atoms with Crippen molar-refractivity contribution < 1.29 is 14.7 Å². The van der Waals surface area contributed by atoms with Gasteiger partial charge in [-0.2, -0.15) is 0 Å². The Bertz CT molecular complexity index is 490. The largest absolute Gasteiger partial charge is 0.479 e. The maximum atomic E-state index is 12.4. The Balaban J connectivity index is 2.10. The average molecular weight is 290 g/mol. The number of hydrogen-bond donors (Lipinski definition) is 3. The predicted octanol–water partition coefficient (Wildman–Crippen LogP) is 1.69. The Kier molecular flexibility index (Phi) is 5.33. The van der Waals surface area contributed by atoms with Crippen molar-refractivity contribution in [2.45, 2.75) is 31.7 Å². The number of aliphatic carboxylic acids is 1. The van der Waals surface area contributed by atoms with Crippen LogP contribution in [0, 0.1) is 11.8 Å². The second kappa shape index (κ2) is 7.22. The maximum absolute atomic E-state index is 12.4. The molecule has 0 spiro atoms. The van der Waals surface area contributed by atoms with Crippen LogP contribution in [0.25, 0.3) is 0 Å². The van der Waals surface area contributed by atoms with Crippen molar-refractivity contribution in [2.75, 3.05) is 6.54 Å². The van der Waals surface area contributed by atoms with Crippen molar-refractivity contribution in [3.63, 3.8) is 0 Å². The highest BCUT2D eigenvalue weighted by atomic mass is 16.4. The lowest BCUT2D eigenvalue weighted by molar-refractivity contribution is -0.143. The van der Waals surface area contributed by atoms with Crippen LogP contribution in [-0.2, 0) is 9.59 Å². The third-order valence-corrected chi connectivity index (χ3v) is 4.22. The first-order valence-corrected chi connectivity index (χ1v) is 7.41. The summed E-state index contributed by atoms with van der Waals surface area (Å²) in [7, 11) is 0. The molecular formula is C16H22N2O3. The molecule has 0 radical (unpaired) electrons. The molecule has 114 valence electrons. The standard InChI is InChI=1S/C16H22N2O3/c17-10-12-8-4-5-9-13(12)15(19)18-14(16(20)21)11-6-2-1-3-7-11/h1-3,6-7,12-14H,4-5,8-10,17H2,(H,18,19)(H,20,21)/t12?,13?,14-/m0/s1. The molecular weight excluding hydrogens is 268 g/mol. The van der Waals surface area contributed by atoms with Crippen molar-refractivity contribution in [2.24, 2.45) is 17.6 Å². The van der Waals surface area contributed by atoms with Crippen LogP contribution in [0.2, 0.25) is 0 Å². The average Bonchev–Trinajstić information content (AvgIpc) is 2.52. The minimum atomic E-state index is -1.05. The first-order valence-electron chi connectivity index (χ1n) is 7.41. The first kappa shape index (κ1) is 15.5. The number of hydrogen-bond acceptors (Lipinski definition) is 3. The summed E-state index contributed by atoms with van der Waals surface area (Å²) < 4.78 is 0. The lowest BCUT2D eigenvalue weighted by Gasteiger charge is -2.30. The molecule has 0 aliphatic heterocycles. The Hall–Kier alpha value is -1.88. The zero-order valence-corrected chi connectivity index (χ0v) is 12.0. The summed E-state index contributed by atoms with van der Waals surface area (Å²) >= 11 is 0. The second-order valence-corrected chi connectivity index (χ2v) is 5.58. The van der Waals surface area contributed by atoms with E-state index in [0.29, 0.717) is 12.1 Å². The van der Waals surface area contributed by atoms with Crippen LogP contribution in [0.5, 0.6) is 0 Å². The highest BCUT2D eigenvalue weighted by Crippen LogP contribution is 2.30. The summed E-state index contributed by atoms with van der Waals surface area (Å²) in [5.41, 5.74) is 6.32. The Morgan fingerprint density at radius 2 is 1.90 bits per heavy atom. The number of amides is 1. The number of carboxylic acid groups (broad SMARTS) is 1. The van der Waals surface area contributed by atoms with Gasteiger partial charge in [-0.1, -0.05) is 43.2 Å². The monoisotopic (exact) mass is 290 g/mol. The van der Waals surface area contributed by atoms with E-state index in [1.807, 2.05) is 6.07 Å². The van der Waals surface area contributed by atoms with Crippen LogP contribution in [0.1, 0.15) is 37.3 Å². The van der Waals surface area contributed by atoms with Gasteiger partial charge in [0, 0.05) is 5.92 Å². The van der Waals surface area contributed by atoms with E-state index < -0.39 is 12.0 Å². The van der Waals surface area contributed by atoms with Gasteiger partial charge in [-0.15, -0.1) is 0 Å². The van der Waals surface area contributed by atoms with Gasteiger partial charge < -0.3 is 16.2 Å². The highest BCUT2D eigenvalue weighted by molar-refractivity contribution is 5.86. The fourth-order valence-corrected chi connectivity index (χ4v) is 3.02. The molecule has 0 heterocycles. The van der Waals surface area contributed by atoms with Crippen LogP contribution in [-0.4, -0.2) is 23.5 Å². The predicted molar refractivity (Wildman–Crippen MR) is 79.5 cm³/mol. The number of rotatable bonds is 5. The fraction of sp³-hybridized carbons (Fsp3) is 0.500. The van der Waals surface area contributed by atoms with E-state index in [2.05, 4.69) is 5.32 Å². The number of carbonyl (C=O) groups excluding carboxylic acids is 1. The third kappa shape index (κ3) is 3.82. The highest BCUT2D eigenvalue weighted by Gasteiger charge is 2.32. The molecule has 0 aromatic heterocycles. The minimum Gasteiger partial charge on any atom is -0.479 e. The normalized spacial score (nSPS) is 23.3. The maximum Gasteiger partial charge on any atom is 0.330 e. The molecule has 3 atom stereocenters. The van der Waals surface area contributed by atoms with Crippen molar-refractivity contribution in [3.05, 3.63) is 35.9 Å². The molecule has 5 nitrogen and oxygen atoms in total. The molecule has 1 amide bonds. The molecule has 2 unspecified atom stereocenters. The van der Waals surface area contributed by atoms with E-state index in [9.17, 15) is 14.7 Å². The van der Waals surface area contributed by atoms with E-state index in [4.69, 9.17) is 5.73 Å². The summed E-state index contributed by atoms with van der Waals surface area (Å²) in [5.74, 6) is -1.26. The molecule has 1 aromatic rings. The zero-order valence-electron chi connectivity index (χ0n) is 12.0. The Morgan fingerprint density at radius 3 is 2.52 bits per heavy atom.